The van der Waals surface area contributed by atoms with Crippen molar-refractivity contribution in [2.45, 2.75) is 0 Å². The minimum absolute atomic E-state index is 0.691. The summed E-state index contributed by atoms with van der Waals surface area (Å²) in [7, 11) is 0. The number of fused-ring (bicyclic) bond motifs is 3. The first-order valence-corrected chi connectivity index (χ1v) is 19.0. The average Bonchev–Trinajstić information content (AvgIpc) is 3.65. The fourth-order valence-electron chi connectivity index (χ4n) is 6.94. The van der Waals surface area contributed by atoms with E-state index in [-0.39, 0.29) is 0 Å². The van der Waals surface area contributed by atoms with Crippen molar-refractivity contribution in [1.82, 2.24) is 24.9 Å². The van der Waals surface area contributed by atoms with E-state index in [0.29, 0.717) is 11.6 Å². The molecule has 0 N–H and O–H groups in total. The van der Waals surface area contributed by atoms with Gasteiger partial charge in [-0.15, -0.1) is 11.3 Å². The Bertz CT molecular complexity index is 2930. The van der Waals surface area contributed by atoms with E-state index < -0.39 is 0 Å². The Morgan fingerprint density at radius 3 is 1.31 bits per heavy atom. The van der Waals surface area contributed by atoms with Crippen molar-refractivity contribution >= 4 is 31.8 Å². The molecule has 0 radical (unpaired) electrons. The predicted molar refractivity (Wildman–Crippen MR) is 226 cm³/mol. The second-order valence-corrected chi connectivity index (χ2v) is 14.4. The molecular formula is C49H31N5S. The first-order chi connectivity index (χ1) is 27.2. The Morgan fingerprint density at radius 2 is 0.764 bits per heavy atom. The van der Waals surface area contributed by atoms with E-state index in [1.54, 1.807) is 11.3 Å². The highest BCUT2D eigenvalue weighted by molar-refractivity contribution is 7.25. The van der Waals surface area contributed by atoms with E-state index in [1.165, 1.54) is 16.7 Å². The van der Waals surface area contributed by atoms with Crippen LogP contribution in [0.5, 0.6) is 0 Å². The number of pyridine rings is 1. The standard InChI is InChI=1S/C49H31N5S/c1-4-10-32(11-5-1)34-16-22-37(23-17-34)43-29-44(53-48(52-43)39-14-8-3-9-15-39)38-24-18-36(19-25-38)41-28-42-46-45(55-49(42)51-30-41)31-50-47(54-46)40-26-20-35(21-27-40)33-12-6-2-7-13-33/h1-31H. The smallest absolute Gasteiger partial charge is 0.160 e. The summed E-state index contributed by atoms with van der Waals surface area (Å²) in [5, 5.41) is 1.03. The zero-order valence-corrected chi connectivity index (χ0v) is 30.4. The van der Waals surface area contributed by atoms with Crippen LogP contribution < -0.4 is 0 Å². The normalized spacial score (nSPS) is 11.3. The topological polar surface area (TPSA) is 64.5 Å². The molecule has 0 aliphatic carbocycles. The molecule has 4 heterocycles. The van der Waals surface area contributed by atoms with Crippen molar-refractivity contribution in [3.05, 3.63) is 188 Å². The van der Waals surface area contributed by atoms with Crippen LogP contribution in [0, 0.1) is 0 Å². The van der Waals surface area contributed by atoms with Crippen LogP contribution in [0.25, 0.3) is 99.1 Å². The lowest BCUT2D eigenvalue weighted by molar-refractivity contribution is 1.18. The van der Waals surface area contributed by atoms with Gasteiger partial charge < -0.3 is 0 Å². The molecule has 0 spiro atoms. The first kappa shape index (κ1) is 32.5. The van der Waals surface area contributed by atoms with Crippen molar-refractivity contribution < 1.29 is 0 Å². The summed E-state index contributed by atoms with van der Waals surface area (Å²) < 4.78 is 1.02. The number of benzene rings is 6. The second kappa shape index (κ2) is 14.0. The largest absolute Gasteiger partial charge is 0.245 e. The fourth-order valence-corrected chi connectivity index (χ4v) is 7.88. The fraction of sp³-hybridized carbons (Fsp3) is 0. The number of nitrogens with zero attached hydrogens (tertiary/aromatic N) is 5. The summed E-state index contributed by atoms with van der Waals surface area (Å²) in [6, 6.07) is 60.8. The first-order valence-electron chi connectivity index (χ1n) is 18.1. The van der Waals surface area contributed by atoms with E-state index in [9.17, 15) is 0 Å². The molecule has 10 aromatic rings. The van der Waals surface area contributed by atoms with Gasteiger partial charge in [-0.1, -0.05) is 164 Å². The SMILES string of the molecule is c1ccc(-c2ccc(-c3cc(-c4ccc(-c5cnc6sc7cnc(-c8ccc(-c9ccccc9)cc8)nc7c6c5)cc4)nc(-c4ccccc4)n3)cc2)cc1. The summed E-state index contributed by atoms with van der Waals surface area (Å²) in [5.74, 6) is 1.39. The van der Waals surface area contributed by atoms with Crippen LogP contribution in [-0.4, -0.2) is 24.9 Å². The molecule has 0 fully saturated rings. The molecule has 0 saturated carbocycles. The van der Waals surface area contributed by atoms with Crippen molar-refractivity contribution in [3.8, 4) is 78.7 Å². The van der Waals surface area contributed by atoms with E-state index in [0.717, 1.165) is 70.8 Å². The maximum atomic E-state index is 5.06. The lowest BCUT2D eigenvalue weighted by Crippen LogP contribution is -1.96. The molecular weight excluding hydrogens is 691 g/mol. The maximum absolute atomic E-state index is 5.06. The van der Waals surface area contributed by atoms with Gasteiger partial charge >= 0.3 is 0 Å². The van der Waals surface area contributed by atoms with Gasteiger partial charge in [0.2, 0.25) is 0 Å². The number of thiophene rings is 1. The van der Waals surface area contributed by atoms with Gasteiger partial charge in [0.1, 0.15) is 4.83 Å². The Balaban J connectivity index is 0.973. The molecule has 0 atom stereocenters. The summed E-state index contributed by atoms with van der Waals surface area (Å²) in [6.07, 6.45) is 3.86. The lowest BCUT2D eigenvalue weighted by Gasteiger charge is -2.11. The third kappa shape index (κ3) is 6.45. The summed E-state index contributed by atoms with van der Waals surface area (Å²) in [4.78, 5) is 25.7. The quantitative estimate of drug-likeness (QED) is 0.164. The molecule has 55 heavy (non-hydrogen) atoms. The number of hydrogen-bond acceptors (Lipinski definition) is 6. The third-order valence-electron chi connectivity index (χ3n) is 9.88. The Hall–Kier alpha value is -7.15. The molecule has 0 amide bonds. The monoisotopic (exact) mass is 721 g/mol. The van der Waals surface area contributed by atoms with Gasteiger partial charge in [-0.25, -0.2) is 24.9 Å². The van der Waals surface area contributed by atoms with E-state index in [1.807, 2.05) is 42.7 Å². The van der Waals surface area contributed by atoms with Gasteiger partial charge in [-0.3, -0.25) is 0 Å². The van der Waals surface area contributed by atoms with Gasteiger partial charge in [0.15, 0.2) is 11.6 Å². The molecule has 258 valence electrons. The Kier molecular flexibility index (Phi) is 8.28. The van der Waals surface area contributed by atoms with Gasteiger partial charge in [-0.05, 0) is 39.9 Å². The average molecular weight is 722 g/mol. The number of rotatable bonds is 7. The second-order valence-electron chi connectivity index (χ2n) is 13.4. The molecule has 10 rings (SSSR count). The van der Waals surface area contributed by atoms with Gasteiger partial charge in [0, 0.05) is 45.6 Å². The van der Waals surface area contributed by atoms with Crippen LogP contribution in [0.2, 0.25) is 0 Å². The molecule has 6 heteroatoms. The third-order valence-corrected chi connectivity index (χ3v) is 10.9. The zero-order chi connectivity index (χ0) is 36.6. The molecule has 0 bridgehead atoms. The number of aromatic nitrogens is 5. The van der Waals surface area contributed by atoms with Gasteiger partial charge in [-0.2, -0.15) is 0 Å². The minimum Gasteiger partial charge on any atom is -0.245 e. The number of hydrogen-bond donors (Lipinski definition) is 0. The highest BCUT2D eigenvalue weighted by Gasteiger charge is 2.14. The highest BCUT2D eigenvalue weighted by Crippen LogP contribution is 2.36. The predicted octanol–water partition coefficient (Wildman–Crippen LogP) is 12.7. The Morgan fingerprint density at radius 1 is 0.327 bits per heavy atom. The van der Waals surface area contributed by atoms with Crippen LogP contribution in [0.15, 0.2) is 188 Å². The molecule has 0 aliphatic rings. The van der Waals surface area contributed by atoms with Crippen LogP contribution in [-0.2, 0) is 0 Å². The lowest BCUT2D eigenvalue weighted by atomic mass is 10.0. The molecule has 6 aromatic carbocycles. The highest BCUT2D eigenvalue weighted by atomic mass is 32.1. The van der Waals surface area contributed by atoms with Crippen LogP contribution in [0.1, 0.15) is 0 Å². The molecule has 0 aliphatic heterocycles. The van der Waals surface area contributed by atoms with Crippen LogP contribution in [0.4, 0.5) is 0 Å². The zero-order valence-electron chi connectivity index (χ0n) is 29.5. The summed E-state index contributed by atoms with van der Waals surface area (Å²) >= 11 is 1.62. The van der Waals surface area contributed by atoms with Crippen LogP contribution in [0.3, 0.4) is 0 Å². The van der Waals surface area contributed by atoms with Crippen molar-refractivity contribution in [2.75, 3.05) is 0 Å². The minimum atomic E-state index is 0.691. The van der Waals surface area contributed by atoms with Crippen molar-refractivity contribution in [2.24, 2.45) is 0 Å². The summed E-state index contributed by atoms with van der Waals surface area (Å²) in [5.41, 5.74) is 13.5. The summed E-state index contributed by atoms with van der Waals surface area (Å²) in [6.45, 7) is 0. The van der Waals surface area contributed by atoms with Crippen molar-refractivity contribution in [3.63, 3.8) is 0 Å². The van der Waals surface area contributed by atoms with E-state index >= 15 is 0 Å². The van der Waals surface area contributed by atoms with Crippen LogP contribution >= 0.6 is 11.3 Å². The van der Waals surface area contributed by atoms with Gasteiger partial charge in [0.25, 0.3) is 0 Å². The van der Waals surface area contributed by atoms with Gasteiger partial charge in [0.05, 0.1) is 21.6 Å². The molecule has 0 unspecified atom stereocenters. The molecule has 0 saturated heterocycles. The Labute approximate surface area is 322 Å². The maximum Gasteiger partial charge on any atom is 0.160 e. The van der Waals surface area contributed by atoms with Crippen molar-refractivity contribution in [1.29, 1.82) is 0 Å². The molecule has 4 aromatic heterocycles. The molecule has 5 nitrogen and oxygen atoms in total. The van der Waals surface area contributed by atoms with E-state index in [4.69, 9.17) is 24.9 Å². The van der Waals surface area contributed by atoms with E-state index in [2.05, 4.69) is 146 Å².